The van der Waals surface area contributed by atoms with Crippen molar-refractivity contribution < 1.29 is 13.3 Å². The van der Waals surface area contributed by atoms with Crippen molar-refractivity contribution in [2.75, 3.05) is 7.11 Å². The minimum atomic E-state index is -0.750. The van der Waals surface area contributed by atoms with Gasteiger partial charge in [0.2, 0.25) is 0 Å². The van der Waals surface area contributed by atoms with Crippen LogP contribution in [0, 0.1) is 5.92 Å². The highest BCUT2D eigenvalue weighted by atomic mass is 32.1. The normalized spacial score (nSPS) is 15.3. The van der Waals surface area contributed by atoms with E-state index in [2.05, 4.69) is 52.4 Å². The Balaban J connectivity index is 0.000000647. The summed E-state index contributed by atoms with van der Waals surface area (Å²) in [5.41, 5.74) is 3.45. The fourth-order valence-corrected chi connectivity index (χ4v) is 3.15. The van der Waals surface area contributed by atoms with E-state index in [0.29, 0.717) is 5.92 Å². The molecule has 0 unspecified atom stereocenters. The Kier molecular flexibility index (Phi) is 7.42. The molecule has 2 aromatic rings. The molecule has 0 saturated heterocycles. The van der Waals surface area contributed by atoms with Crippen LogP contribution >= 0.6 is 0 Å². The SMILES string of the molecule is CON=C(c1ccn(-c2ccccc2)c1)C1CCCCC1.O=S=O. The van der Waals surface area contributed by atoms with E-state index < -0.39 is 11.6 Å². The fourth-order valence-electron chi connectivity index (χ4n) is 3.15. The molecule has 1 aliphatic rings. The lowest BCUT2D eigenvalue weighted by molar-refractivity contribution is 0.210. The lowest BCUT2D eigenvalue weighted by Gasteiger charge is -2.22. The molecule has 1 aliphatic carbocycles. The maximum Gasteiger partial charge on any atom is 0.335 e. The number of oxime groups is 1. The van der Waals surface area contributed by atoms with Gasteiger partial charge in [0.25, 0.3) is 0 Å². The number of hydrogen-bond acceptors (Lipinski definition) is 4. The molecule has 24 heavy (non-hydrogen) atoms. The first-order valence-electron chi connectivity index (χ1n) is 8.06. The predicted octanol–water partition coefficient (Wildman–Crippen LogP) is 3.74. The minimum Gasteiger partial charge on any atom is -0.399 e. The van der Waals surface area contributed by atoms with Gasteiger partial charge in [-0.1, -0.05) is 42.6 Å². The molecule has 0 N–H and O–H groups in total. The molecule has 128 valence electrons. The van der Waals surface area contributed by atoms with E-state index in [1.165, 1.54) is 43.4 Å². The standard InChI is InChI=1S/C18H22N2O.O2S/c1-21-19-18(15-8-4-2-5-9-15)16-12-13-20(14-16)17-10-6-3-7-11-17;1-3-2/h3,6-7,10-15H,2,4-5,8-9H2,1H3;. The second-order valence-electron chi connectivity index (χ2n) is 5.71. The van der Waals surface area contributed by atoms with Gasteiger partial charge in [0.05, 0.1) is 5.71 Å². The van der Waals surface area contributed by atoms with E-state index >= 15 is 0 Å². The highest BCUT2D eigenvalue weighted by Gasteiger charge is 2.22. The first kappa shape index (κ1) is 18.1. The third-order valence-corrected chi connectivity index (χ3v) is 4.22. The summed E-state index contributed by atoms with van der Waals surface area (Å²) < 4.78 is 18.7. The van der Waals surface area contributed by atoms with Crippen LogP contribution in [-0.2, 0) is 16.4 Å². The van der Waals surface area contributed by atoms with Crippen molar-refractivity contribution in [1.82, 2.24) is 4.57 Å². The zero-order valence-electron chi connectivity index (χ0n) is 13.8. The number of rotatable bonds is 4. The molecule has 1 heterocycles. The Bertz CT molecular complexity index is 685. The molecule has 0 amide bonds. The molecule has 3 rings (SSSR count). The summed E-state index contributed by atoms with van der Waals surface area (Å²) in [6.45, 7) is 0. The summed E-state index contributed by atoms with van der Waals surface area (Å²) in [4.78, 5) is 5.11. The Labute approximate surface area is 145 Å². The largest absolute Gasteiger partial charge is 0.399 e. The van der Waals surface area contributed by atoms with Gasteiger partial charge in [-0.3, -0.25) is 0 Å². The smallest absolute Gasteiger partial charge is 0.335 e. The van der Waals surface area contributed by atoms with Crippen LogP contribution in [0.25, 0.3) is 5.69 Å². The molecule has 0 spiro atoms. The molecular formula is C18H22N2O3S. The second-order valence-corrected chi connectivity index (χ2v) is 5.84. The highest BCUT2D eigenvalue weighted by Crippen LogP contribution is 2.28. The lowest BCUT2D eigenvalue weighted by Crippen LogP contribution is -2.19. The van der Waals surface area contributed by atoms with Crippen molar-refractivity contribution in [3.05, 3.63) is 54.4 Å². The van der Waals surface area contributed by atoms with Crippen molar-refractivity contribution in [1.29, 1.82) is 0 Å². The summed E-state index contributed by atoms with van der Waals surface area (Å²) in [6, 6.07) is 12.5. The molecule has 5 nitrogen and oxygen atoms in total. The van der Waals surface area contributed by atoms with Gasteiger partial charge < -0.3 is 9.40 Å². The van der Waals surface area contributed by atoms with Gasteiger partial charge >= 0.3 is 11.6 Å². The zero-order valence-corrected chi connectivity index (χ0v) is 14.6. The molecule has 1 saturated carbocycles. The number of nitrogens with zero attached hydrogens (tertiary/aromatic N) is 2. The fraction of sp³-hybridized carbons (Fsp3) is 0.389. The van der Waals surface area contributed by atoms with Gasteiger partial charge in [0.15, 0.2) is 0 Å². The van der Waals surface area contributed by atoms with Crippen molar-refractivity contribution in [3.8, 4) is 5.69 Å². The van der Waals surface area contributed by atoms with Crippen LogP contribution in [0.15, 0.2) is 53.9 Å². The average Bonchev–Trinajstić information content (AvgIpc) is 3.12. The predicted molar refractivity (Wildman–Crippen MR) is 94.8 cm³/mol. The van der Waals surface area contributed by atoms with Crippen LogP contribution in [0.5, 0.6) is 0 Å². The van der Waals surface area contributed by atoms with Crippen LogP contribution in [-0.4, -0.2) is 25.8 Å². The molecule has 1 aromatic carbocycles. The molecule has 0 bridgehead atoms. The molecule has 1 aromatic heterocycles. The highest BCUT2D eigenvalue weighted by molar-refractivity contribution is 7.51. The lowest BCUT2D eigenvalue weighted by atomic mass is 9.84. The third-order valence-electron chi connectivity index (χ3n) is 4.22. The summed E-state index contributed by atoms with van der Waals surface area (Å²) in [5, 5.41) is 4.33. The summed E-state index contributed by atoms with van der Waals surface area (Å²) in [6.07, 6.45) is 10.6. The molecule has 0 radical (unpaired) electrons. The van der Waals surface area contributed by atoms with Crippen LogP contribution in [0.3, 0.4) is 0 Å². The number of para-hydroxylation sites is 1. The van der Waals surface area contributed by atoms with E-state index in [1.54, 1.807) is 7.11 Å². The Hall–Kier alpha value is -2.21. The van der Waals surface area contributed by atoms with Gasteiger partial charge in [-0.05, 0) is 31.0 Å². The van der Waals surface area contributed by atoms with Gasteiger partial charge in [-0.2, -0.15) is 8.42 Å². The summed E-state index contributed by atoms with van der Waals surface area (Å²) in [7, 11) is 1.64. The quantitative estimate of drug-likeness (QED) is 0.626. The number of aromatic nitrogens is 1. The Morgan fingerprint density at radius 1 is 1.12 bits per heavy atom. The average molecular weight is 346 g/mol. The topological polar surface area (TPSA) is 60.7 Å². The van der Waals surface area contributed by atoms with E-state index in [-0.39, 0.29) is 0 Å². The molecule has 0 aliphatic heterocycles. The molecule has 6 heteroatoms. The van der Waals surface area contributed by atoms with Gasteiger partial charge in [0.1, 0.15) is 7.11 Å². The molecular weight excluding hydrogens is 324 g/mol. The van der Waals surface area contributed by atoms with Crippen molar-refractivity contribution >= 4 is 17.3 Å². The van der Waals surface area contributed by atoms with Gasteiger partial charge in [0, 0.05) is 29.6 Å². The van der Waals surface area contributed by atoms with Gasteiger partial charge in [-0.25, -0.2) is 0 Å². The zero-order chi connectivity index (χ0) is 17.2. The number of benzene rings is 1. The van der Waals surface area contributed by atoms with Crippen LogP contribution in [0.2, 0.25) is 0 Å². The van der Waals surface area contributed by atoms with Crippen molar-refractivity contribution in [2.45, 2.75) is 32.1 Å². The van der Waals surface area contributed by atoms with E-state index in [0.717, 1.165) is 5.71 Å². The second kappa shape index (κ2) is 9.82. The van der Waals surface area contributed by atoms with Gasteiger partial charge in [-0.15, -0.1) is 0 Å². The maximum atomic E-state index is 8.29. The first-order valence-corrected chi connectivity index (χ1v) is 8.73. The minimum absolute atomic E-state index is 0.533. The third kappa shape index (κ3) is 4.89. The van der Waals surface area contributed by atoms with E-state index in [4.69, 9.17) is 13.3 Å². The Morgan fingerprint density at radius 3 is 2.42 bits per heavy atom. The monoisotopic (exact) mass is 346 g/mol. The molecule has 0 atom stereocenters. The van der Waals surface area contributed by atoms with Crippen LogP contribution in [0.1, 0.15) is 37.7 Å². The van der Waals surface area contributed by atoms with E-state index in [9.17, 15) is 0 Å². The van der Waals surface area contributed by atoms with Crippen molar-refractivity contribution in [2.24, 2.45) is 11.1 Å². The Morgan fingerprint density at radius 2 is 1.79 bits per heavy atom. The number of hydrogen-bond donors (Lipinski definition) is 0. The summed E-state index contributed by atoms with van der Waals surface area (Å²) in [5.74, 6) is 0.533. The van der Waals surface area contributed by atoms with Crippen LogP contribution in [0.4, 0.5) is 0 Å². The molecule has 1 fully saturated rings. The van der Waals surface area contributed by atoms with Crippen molar-refractivity contribution in [3.63, 3.8) is 0 Å². The maximum absolute atomic E-state index is 8.29. The summed E-state index contributed by atoms with van der Waals surface area (Å²) >= 11 is -0.750. The first-order chi connectivity index (χ1) is 11.8. The van der Waals surface area contributed by atoms with Crippen LogP contribution < -0.4 is 0 Å². The van der Waals surface area contributed by atoms with E-state index in [1.807, 2.05) is 6.07 Å².